The number of anilines is 1. The topological polar surface area (TPSA) is 29.5 Å². The predicted octanol–water partition coefficient (Wildman–Crippen LogP) is 5.16. The minimum absolute atomic E-state index is 0.0939. The van der Waals surface area contributed by atoms with E-state index in [9.17, 15) is 4.79 Å². The molecule has 1 heterocycles. The molecule has 0 aromatic heterocycles. The first-order valence-corrected chi connectivity index (χ1v) is 9.64. The molecule has 3 nitrogen and oxygen atoms in total. The second-order valence-electron chi connectivity index (χ2n) is 7.82. The molecule has 2 fully saturated rings. The van der Waals surface area contributed by atoms with Gasteiger partial charge >= 0.3 is 0 Å². The maximum atomic E-state index is 13.0. The normalized spacial score (nSPS) is 28.5. The van der Waals surface area contributed by atoms with Crippen LogP contribution >= 0.6 is 0 Å². The quantitative estimate of drug-likeness (QED) is 0.766. The van der Waals surface area contributed by atoms with E-state index in [0.717, 1.165) is 18.6 Å². The molecule has 0 bridgehead atoms. The third-order valence-electron chi connectivity index (χ3n) is 6.36. The Balaban J connectivity index is 1.82. The van der Waals surface area contributed by atoms with Crippen LogP contribution in [-0.4, -0.2) is 18.4 Å². The van der Waals surface area contributed by atoms with Crippen molar-refractivity contribution < 1.29 is 9.53 Å². The smallest absolute Gasteiger partial charge is 0.140 e. The van der Waals surface area contributed by atoms with Gasteiger partial charge in [-0.25, -0.2) is 0 Å². The highest BCUT2D eigenvalue weighted by molar-refractivity contribution is 5.86. The average molecular weight is 349 g/mol. The molecule has 0 spiro atoms. The van der Waals surface area contributed by atoms with Gasteiger partial charge in [-0.2, -0.15) is 0 Å². The van der Waals surface area contributed by atoms with E-state index in [1.807, 2.05) is 18.2 Å². The first kappa shape index (κ1) is 17.1. The number of carbonyl (C=O) groups is 1. The average Bonchev–Trinajstić information content (AvgIpc) is 2.68. The van der Waals surface area contributed by atoms with Crippen molar-refractivity contribution in [2.45, 2.75) is 50.6 Å². The first-order chi connectivity index (χ1) is 12.6. The van der Waals surface area contributed by atoms with E-state index in [1.54, 1.807) is 7.11 Å². The monoisotopic (exact) mass is 349 g/mol. The van der Waals surface area contributed by atoms with E-state index in [1.165, 1.54) is 24.1 Å². The van der Waals surface area contributed by atoms with E-state index in [0.29, 0.717) is 12.2 Å². The van der Waals surface area contributed by atoms with Crippen LogP contribution in [0.1, 0.15) is 50.6 Å². The van der Waals surface area contributed by atoms with Crippen LogP contribution < -0.4 is 9.64 Å². The lowest BCUT2D eigenvalue weighted by Gasteiger charge is -2.56. The molecule has 1 saturated heterocycles. The lowest BCUT2D eigenvalue weighted by atomic mass is 9.65. The van der Waals surface area contributed by atoms with Gasteiger partial charge in [0.2, 0.25) is 0 Å². The Morgan fingerprint density at radius 2 is 1.77 bits per heavy atom. The standard InChI is InChI=1S/C23H27NO2/c1-23-15-7-6-10-20(23)22(25)16-21(17-8-4-3-5-9-17)24(23)18-11-13-19(26-2)14-12-18/h3-5,8-9,11-14,20-21H,6-7,10,15-16H2,1-2H3/t20-,21+,23-/m1/s1. The molecule has 1 aliphatic heterocycles. The number of ether oxygens (including phenoxy) is 1. The summed E-state index contributed by atoms with van der Waals surface area (Å²) in [4.78, 5) is 15.6. The third kappa shape index (κ3) is 2.80. The molecule has 2 aromatic carbocycles. The van der Waals surface area contributed by atoms with Gasteiger partial charge in [0.15, 0.2) is 0 Å². The Bertz CT molecular complexity index is 771. The highest BCUT2D eigenvalue weighted by Gasteiger charge is 2.51. The van der Waals surface area contributed by atoms with Gasteiger partial charge in [-0.1, -0.05) is 43.2 Å². The molecule has 2 aromatic rings. The van der Waals surface area contributed by atoms with Crippen LogP contribution in [0.4, 0.5) is 5.69 Å². The van der Waals surface area contributed by atoms with Crippen LogP contribution in [0.25, 0.3) is 0 Å². The molecular formula is C23H27NO2. The molecule has 0 radical (unpaired) electrons. The van der Waals surface area contributed by atoms with Crippen LogP contribution in [0, 0.1) is 5.92 Å². The second-order valence-corrected chi connectivity index (χ2v) is 7.82. The summed E-state index contributed by atoms with van der Waals surface area (Å²) < 4.78 is 5.34. The fourth-order valence-corrected chi connectivity index (χ4v) is 5.05. The van der Waals surface area contributed by atoms with Gasteiger partial charge in [0, 0.05) is 23.6 Å². The number of hydrogen-bond acceptors (Lipinski definition) is 3. The zero-order chi connectivity index (χ0) is 18.1. The van der Waals surface area contributed by atoms with Crippen LogP contribution in [-0.2, 0) is 4.79 Å². The summed E-state index contributed by atoms with van der Waals surface area (Å²) in [6.45, 7) is 2.30. The van der Waals surface area contributed by atoms with E-state index in [4.69, 9.17) is 4.74 Å². The number of methoxy groups -OCH3 is 1. The largest absolute Gasteiger partial charge is 0.497 e. The molecule has 0 unspecified atom stereocenters. The Morgan fingerprint density at radius 3 is 2.46 bits per heavy atom. The number of ketones is 1. The first-order valence-electron chi connectivity index (χ1n) is 9.64. The molecule has 2 aliphatic rings. The van der Waals surface area contributed by atoms with Gasteiger partial charge < -0.3 is 9.64 Å². The number of Topliss-reactive ketones (excluding diaryl/α,β-unsaturated/α-hetero) is 1. The molecule has 1 aliphatic carbocycles. The number of hydrogen-bond donors (Lipinski definition) is 0. The van der Waals surface area contributed by atoms with Crippen LogP contribution in [0.2, 0.25) is 0 Å². The van der Waals surface area contributed by atoms with E-state index < -0.39 is 0 Å². The van der Waals surface area contributed by atoms with Crippen molar-refractivity contribution in [2.75, 3.05) is 12.0 Å². The van der Waals surface area contributed by atoms with E-state index in [-0.39, 0.29) is 17.5 Å². The van der Waals surface area contributed by atoms with Crippen LogP contribution in [0.5, 0.6) is 5.75 Å². The zero-order valence-corrected chi connectivity index (χ0v) is 15.7. The SMILES string of the molecule is COc1ccc(N2[C@H](c3ccccc3)CC(=O)[C@H]3CCCC[C@]32C)cc1. The summed E-state index contributed by atoms with van der Waals surface area (Å²) in [5.74, 6) is 1.44. The second kappa shape index (κ2) is 6.79. The molecule has 26 heavy (non-hydrogen) atoms. The molecule has 3 heteroatoms. The number of piperidine rings is 1. The summed E-state index contributed by atoms with van der Waals surface area (Å²) in [6, 6.07) is 18.9. The molecular weight excluding hydrogens is 322 g/mol. The van der Waals surface area contributed by atoms with Crippen molar-refractivity contribution in [1.29, 1.82) is 0 Å². The summed E-state index contributed by atoms with van der Waals surface area (Å²) >= 11 is 0. The van der Waals surface area contributed by atoms with Gasteiger partial charge in [0.05, 0.1) is 13.2 Å². The lowest BCUT2D eigenvalue weighted by molar-refractivity contribution is -0.129. The van der Waals surface area contributed by atoms with Crippen molar-refractivity contribution in [3.8, 4) is 5.75 Å². The fourth-order valence-electron chi connectivity index (χ4n) is 5.05. The molecule has 3 atom stereocenters. The number of benzene rings is 2. The summed E-state index contributed by atoms with van der Waals surface area (Å²) in [7, 11) is 1.69. The Hall–Kier alpha value is -2.29. The summed E-state index contributed by atoms with van der Waals surface area (Å²) in [5.41, 5.74) is 2.28. The number of nitrogens with zero attached hydrogens (tertiary/aromatic N) is 1. The van der Waals surface area contributed by atoms with Crippen molar-refractivity contribution in [2.24, 2.45) is 5.92 Å². The summed E-state index contributed by atoms with van der Waals surface area (Å²) in [5, 5.41) is 0. The third-order valence-corrected chi connectivity index (χ3v) is 6.36. The highest BCUT2D eigenvalue weighted by atomic mass is 16.5. The fraction of sp³-hybridized carbons (Fsp3) is 0.435. The predicted molar refractivity (Wildman–Crippen MR) is 105 cm³/mol. The van der Waals surface area contributed by atoms with E-state index in [2.05, 4.69) is 48.2 Å². The number of carbonyl (C=O) groups excluding carboxylic acids is 1. The number of fused-ring (bicyclic) bond motifs is 1. The van der Waals surface area contributed by atoms with Crippen LogP contribution in [0.3, 0.4) is 0 Å². The molecule has 0 amide bonds. The maximum absolute atomic E-state index is 13.0. The van der Waals surface area contributed by atoms with Gasteiger partial charge in [0.25, 0.3) is 0 Å². The minimum atomic E-state index is -0.122. The Morgan fingerprint density at radius 1 is 1.04 bits per heavy atom. The van der Waals surface area contributed by atoms with Crippen molar-refractivity contribution in [1.82, 2.24) is 0 Å². The van der Waals surface area contributed by atoms with Crippen molar-refractivity contribution in [3.05, 3.63) is 60.2 Å². The zero-order valence-electron chi connectivity index (χ0n) is 15.7. The Labute approximate surface area is 156 Å². The van der Waals surface area contributed by atoms with Crippen molar-refractivity contribution in [3.63, 3.8) is 0 Å². The van der Waals surface area contributed by atoms with Gasteiger partial charge in [-0.3, -0.25) is 4.79 Å². The highest BCUT2D eigenvalue weighted by Crippen LogP contribution is 2.50. The number of rotatable bonds is 3. The maximum Gasteiger partial charge on any atom is 0.140 e. The van der Waals surface area contributed by atoms with Gasteiger partial charge in [-0.05, 0) is 49.6 Å². The van der Waals surface area contributed by atoms with E-state index >= 15 is 0 Å². The van der Waals surface area contributed by atoms with Gasteiger partial charge in [-0.15, -0.1) is 0 Å². The van der Waals surface area contributed by atoms with Crippen molar-refractivity contribution >= 4 is 11.5 Å². The lowest BCUT2D eigenvalue weighted by Crippen LogP contribution is -2.61. The molecule has 136 valence electrons. The molecule has 0 N–H and O–H groups in total. The summed E-state index contributed by atoms with van der Waals surface area (Å²) in [6.07, 6.45) is 5.03. The minimum Gasteiger partial charge on any atom is -0.497 e. The Kier molecular flexibility index (Phi) is 4.47. The van der Waals surface area contributed by atoms with Crippen LogP contribution in [0.15, 0.2) is 54.6 Å². The molecule has 4 rings (SSSR count). The molecule has 1 saturated carbocycles. The van der Waals surface area contributed by atoms with Gasteiger partial charge in [0.1, 0.15) is 11.5 Å².